The zero-order valence-electron chi connectivity index (χ0n) is 15.7. The van der Waals surface area contributed by atoms with Gasteiger partial charge in [0.2, 0.25) is 5.89 Å². The Bertz CT molecular complexity index is 804. The molecule has 1 unspecified atom stereocenters. The molecule has 2 amide bonds. The average molecular weight is 370 g/mol. The third-order valence-corrected chi connectivity index (χ3v) is 5.41. The van der Waals surface area contributed by atoms with E-state index in [9.17, 15) is 4.79 Å². The average Bonchev–Trinajstić information content (AvgIpc) is 3.35. The molecule has 1 saturated heterocycles. The van der Waals surface area contributed by atoms with Crippen molar-refractivity contribution in [1.29, 1.82) is 0 Å². The number of aromatic nitrogens is 2. The van der Waals surface area contributed by atoms with Crippen molar-refractivity contribution in [3.8, 4) is 0 Å². The van der Waals surface area contributed by atoms with Crippen molar-refractivity contribution >= 4 is 11.7 Å². The molecule has 1 aromatic heterocycles. The van der Waals surface area contributed by atoms with E-state index in [-0.39, 0.29) is 12.1 Å². The zero-order valence-corrected chi connectivity index (χ0v) is 15.7. The number of methoxy groups -OCH3 is 1. The molecule has 1 aliphatic carbocycles. The van der Waals surface area contributed by atoms with E-state index in [0.717, 1.165) is 37.8 Å². The maximum atomic E-state index is 12.9. The summed E-state index contributed by atoms with van der Waals surface area (Å²) < 4.78 is 10.5. The molecule has 2 heterocycles. The lowest BCUT2D eigenvalue weighted by Gasteiger charge is -2.33. The quantitative estimate of drug-likeness (QED) is 0.871. The standard InChI is InChI=1S/C20H26N4O3/c1-26-12-10-18-22-19(27-23-18)17-7-2-3-11-24(17)20(25)21-16-9-8-14-5-4-6-15(14)13-16/h8-9,13,17H,2-7,10-12H2,1H3,(H,21,25). The second-order valence-electron chi connectivity index (χ2n) is 7.26. The fourth-order valence-electron chi connectivity index (χ4n) is 3.97. The summed E-state index contributed by atoms with van der Waals surface area (Å²) in [6, 6.07) is 5.96. The van der Waals surface area contributed by atoms with Gasteiger partial charge in [0, 0.05) is 25.8 Å². The minimum absolute atomic E-state index is 0.103. The molecule has 7 nitrogen and oxygen atoms in total. The van der Waals surface area contributed by atoms with E-state index in [0.29, 0.717) is 31.3 Å². The van der Waals surface area contributed by atoms with Crippen molar-refractivity contribution < 1.29 is 14.1 Å². The van der Waals surface area contributed by atoms with Crippen LogP contribution in [0.4, 0.5) is 10.5 Å². The Morgan fingerprint density at radius 2 is 2.19 bits per heavy atom. The van der Waals surface area contributed by atoms with Crippen LogP contribution in [0.5, 0.6) is 0 Å². The van der Waals surface area contributed by atoms with Gasteiger partial charge in [-0.3, -0.25) is 0 Å². The molecule has 144 valence electrons. The van der Waals surface area contributed by atoms with Crippen LogP contribution in [0.1, 0.15) is 54.6 Å². The first kappa shape index (κ1) is 18.0. The lowest BCUT2D eigenvalue weighted by atomic mass is 10.0. The molecule has 0 spiro atoms. The summed E-state index contributed by atoms with van der Waals surface area (Å²) in [5, 5.41) is 7.08. The number of aryl methyl sites for hydroxylation is 2. The van der Waals surface area contributed by atoms with Crippen molar-refractivity contribution in [3.05, 3.63) is 41.0 Å². The van der Waals surface area contributed by atoms with Gasteiger partial charge in [-0.1, -0.05) is 11.2 Å². The molecular weight excluding hydrogens is 344 g/mol. The number of carbonyl (C=O) groups excluding carboxylic acids is 1. The number of rotatable bonds is 5. The molecule has 1 atom stereocenters. The van der Waals surface area contributed by atoms with Crippen molar-refractivity contribution in [1.82, 2.24) is 15.0 Å². The Morgan fingerprint density at radius 3 is 3.07 bits per heavy atom. The van der Waals surface area contributed by atoms with Crippen molar-refractivity contribution in [2.45, 2.75) is 51.0 Å². The van der Waals surface area contributed by atoms with Crippen LogP contribution in [0.25, 0.3) is 0 Å². The number of anilines is 1. The number of benzene rings is 1. The topological polar surface area (TPSA) is 80.5 Å². The van der Waals surface area contributed by atoms with Crippen molar-refractivity contribution in [3.63, 3.8) is 0 Å². The predicted octanol–water partition coefficient (Wildman–Crippen LogP) is 3.51. The van der Waals surface area contributed by atoms with Gasteiger partial charge in [0.05, 0.1) is 6.61 Å². The molecule has 0 bridgehead atoms. The number of piperidine rings is 1. The number of ether oxygens (including phenoxy) is 1. The van der Waals surface area contributed by atoms with Gasteiger partial charge in [-0.15, -0.1) is 0 Å². The number of amides is 2. The molecule has 1 aromatic carbocycles. The van der Waals surface area contributed by atoms with E-state index < -0.39 is 0 Å². The number of nitrogens with one attached hydrogen (secondary N) is 1. The van der Waals surface area contributed by atoms with Gasteiger partial charge >= 0.3 is 6.03 Å². The Kier molecular flexibility index (Phi) is 5.38. The molecule has 0 saturated carbocycles. The van der Waals surface area contributed by atoms with E-state index >= 15 is 0 Å². The van der Waals surface area contributed by atoms with Gasteiger partial charge in [-0.2, -0.15) is 4.98 Å². The first-order chi connectivity index (χ1) is 13.2. The van der Waals surface area contributed by atoms with Crippen LogP contribution in [0, 0.1) is 0 Å². The first-order valence-corrected chi connectivity index (χ1v) is 9.75. The molecule has 1 fully saturated rings. The zero-order chi connectivity index (χ0) is 18.6. The third-order valence-electron chi connectivity index (χ3n) is 5.41. The van der Waals surface area contributed by atoms with Crippen LogP contribution in [0.15, 0.2) is 22.7 Å². The third kappa shape index (κ3) is 3.98. The second kappa shape index (κ2) is 8.08. The number of likely N-dealkylation sites (tertiary alicyclic amines) is 1. The Hall–Kier alpha value is -2.41. The van der Waals surface area contributed by atoms with Crippen LogP contribution < -0.4 is 5.32 Å². The molecule has 27 heavy (non-hydrogen) atoms. The summed E-state index contributed by atoms with van der Waals surface area (Å²) in [4.78, 5) is 19.2. The highest BCUT2D eigenvalue weighted by atomic mass is 16.5. The normalized spacial score (nSPS) is 19.1. The molecular formula is C20H26N4O3. The number of nitrogens with zero attached hydrogens (tertiary/aromatic N) is 3. The van der Waals surface area contributed by atoms with Gasteiger partial charge in [0.15, 0.2) is 5.82 Å². The van der Waals surface area contributed by atoms with Crippen molar-refractivity contribution in [2.24, 2.45) is 0 Å². The van der Waals surface area contributed by atoms with E-state index in [2.05, 4.69) is 27.6 Å². The predicted molar refractivity (Wildman–Crippen MR) is 101 cm³/mol. The summed E-state index contributed by atoms with van der Waals surface area (Å²) in [6.07, 6.45) is 6.90. The van der Waals surface area contributed by atoms with Crippen LogP contribution in [-0.4, -0.2) is 41.3 Å². The number of fused-ring (bicyclic) bond motifs is 1. The fourth-order valence-corrected chi connectivity index (χ4v) is 3.97. The van der Waals surface area contributed by atoms with Gasteiger partial charge in [0.25, 0.3) is 0 Å². The van der Waals surface area contributed by atoms with E-state index in [1.807, 2.05) is 11.0 Å². The van der Waals surface area contributed by atoms with Gasteiger partial charge in [0.1, 0.15) is 6.04 Å². The first-order valence-electron chi connectivity index (χ1n) is 9.75. The van der Waals surface area contributed by atoms with Crippen LogP contribution in [0.2, 0.25) is 0 Å². The minimum atomic E-state index is -0.169. The van der Waals surface area contributed by atoms with Crippen molar-refractivity contribution in [2.75, 3.05) is 25.6 Å². The lowest BCUT2D eigenvalue weighted by Crippen LogP contribution is -2.41. The summed E-state index contributed by atoms with van der Waals surface area (Å²) in [5.41, 5.74) is 3.61. The lowest BCUT2D eigenvalue weighted by molar-refractivity contribution is 0.142. The SMILES string of the molecule is COCCc1noc(C2CCCCN2C(=O)Nc2ccc3c(c2)CCC3)n1. The summed E-state index contributed by atoms with van der Waals surface area (Å²) in [7, 11) is 1.65. The number of urea groups is 1. The van der Waals surface area contributed by atoms with Gasteiger partial charge in [-0.05, 0) is 61.8 Å². The molecule has 2 aliphatic rings. The number of hydrogen-bond acceptors (Lipinski definition) is 5. The summed E-state index contributed by atoms with van der Waals surface area (Å²) in [5.74, 6) is 1.14. The van der Waals surface area contributed by atoms with E-state index in [1.165, 1.54) is 17.5 Å². The maximum absolute atomic E-state index is 12.9. The molecule has 1 N–H and O–H groups in total. The monoisotopic (exact) mass is 370 g/mol. The summed E-state index contributed by atoms with van der Waals surface area (Å²) in [6.45, 7) is 1.24. The highest BCUT2D eigenvalue weighted by molar-refractivity contribution is 5.89. The van der Waals surface area contributed by atoms with Crippen LogP contribution in [-0.2, 0) is 24.0 Å². The smallest absolute Gasteiger partial charge is 0.322 e. The Balaban J connectivity index is 1.46. The minimum Gasteiger partial charge on any atom is -0.384 e. The maximum Gasteiger partial charge on any atom is 0.322 e. The molecule has 1 aliphatic heterocycles. The summed E-state index contributed by atoms with van der Waals surface area (Å²) >= 11 is 0. The fraction of sp³-hybridized carbons (Fsp3) is 0.550. The number of hydrogen-bond donors (Lipinski definition) is 1. The number of carbonyl (C=O) groups is 1. The second-order valence-corrected chi connectivity index (χ2v) is 7.26. The Labute approximate surface area is 159 Å². The Morgan fingerprint density at radius 1 is 1.30 bits per heavy atom. The van der Waals surface area contributed by atoms with Gasteiger partial charge in [-0.25, -0.2) is 4.79 Å². The molecule has 4 rings (SSSR count). The van der Waals surface area contributed by atoms with E-state index in [4.69, 9.17) is 9.26 Å². The van der Waals surface area contributed by atoms with Crippen LogP contribution in [0.3, 0.4) is 0 Å². The van der Waals surface area contributed by atoms with Crippen LogP contribution >= 0.6 is 0 Å². The largest absolute Gasteiger partial charge is 0.384 e. The van der Waals surface area contributed by atoms with Gasteiger partial charge < -0.3 is 19.5 Å². The highest BCUT2D eigenvalue weighted by Gasteiger charge is 2.32. The van der Waals surface area contributed by atoms with E-state index in [1.54, 1.807) is 7.11 Å². The highest BCUT2D eigenvalue weighted by Crippen LogP contribution is 2.31. The molecule has 7 heteroatoms. The molecule has 0 radical (unpaired) electrons. The molecule has 2 aromatic rings.